The molecule has 0 bridgehead atoms. The maximum Gasteiger partial charge on any atom is 0.339 e. The molecule has 0 spiro atoms. The van der Waals surface area contributed by atoms with Crippen molar-refractivity contribution in [3.8, 4) is 11.1 Å². The van der Waals surface area contributed by atoms with Gasteiger partial charge < -0.3 is 4.74 Å². The van der Waals surface area contributed by atoms with Crippen molar-refractivity contribution in [2.24, 2.45) is 0 Å². The third-order valence-electron chi connectivity index (χ3n) is 5.03. The molecule has 0 fully saturated rings. The summed E-state index contributed by atoms with van der Waals surface area (Å²) in [4.78, 5) is 37.0. The van der Waals surface area contributed by atoms with Crippen molar-refractivity contribution in [3.05, 3.63) is 124 Å². The van der Waals surface area contributed by atoms with Gasteiger partial charge in [-0.3, -0.25) is 14.9 Å². The van der Waals surface area contributed by atoms with Crippen LogP contribution in [0.1, 0.15) is 20.7 Å². The highest BCUT2D eigenvalue weighted by Gasteiger charge is 2.16. The minimum absolute atomic E-state index is 0.00708. The predicted octanol–water partition coefficient (Wildman–Crippen LogP) is 6.45. The highest BCUT2D eigenvalue weighted by molar-refractivity contribution is 7.99. The zero-order valence-electron chi connectivity index (χ0n) is 17.9. The Balaban J connectivity index is 1.40. The topological polar surface area (TPSA) is 86.5 Å². The van der Waals surface area contributed by atoms with Crippen molar-refractivity contribution in [2.45, 2.75) is 9.79 Å². The van der Waals surface area contributed by atoms with E-state index >= 15 is 0 Å². The van der Waals surface area contributed by atoms with Crippen LogP contribution in [0, 0.1) is 10.1 Å². The molecule has 0 saturated carbocycles. The van der Waals surface area contributed by atoms with Crippen LogP contribution in [0.25, 0.3) is 11.1 Å². The van der Waals surface area contributed by atoms with E-state index in [2.05, 4.69) is 0 Å². The Morgan fingerprint density at radius 1 is 0.765 bits per heavy atom. The first-order valence-corrected chi connectivity index (χ1v) is 11.2. The molecule has 0 aliphatic rings. The number of carbonyl (C=O) groups excluding carboxylic acids is 2. The molecule has 0 aliphatic carbocycles. The molecule has 0 amide bonds. The average molecular weight is 470 g/mol. The standard InChI is InChI=1S/C27H19NO5S/c29-25(21-12-10-20(11-13-21)19-6-2-1-3-7-19)18-33-27(30)24-8-4-5-9-26(24)34-23-16-14-22(15-17-23)28(31)32/h1-17H,18H2. The number of carbonyl (C=O) groups is 2. The summed E-state index contributed by atoms with van der Waals surface area (Å²) in [5.41, 5.74) is 2.81. The second-order valence-corrected chi connectivity index (χ2v) is 8.41. The first kappa shape index (κ1) is 22.9. The molecule has 0 heterocycles. The summed E-state index contributed by atoms with van der Waals surface area (Å²) in [5.74, 6) is -0.910. The van der Waals surface area contributed by atoms with Crippen LogP contribution in [0.4, 0.5) is 5.69 Å². The summed E-state index contributed by atoms with van der Waals surface area (Å²) < 4.78 is 5.30. The van der Waals surface area contributed by atoms with Crippen LogP contribution in [-0.2, 0) is 4.74 Å². The quantitative estimate of drug-likeness (QED) is 0.128. The van der Waals surface area contributed by atoms with Gasteiger partial charge in [0.1, 0.15) is 0 Å². The van der Waals surface area contributed by atoms with Crippen molar-refractivity contribution >= 4 is 29.2 Å². The number of hydrogen-bond donors (Lipinski definition) is 0. The molecule has 34 heavy (non-hydrogen) atoms. The fraction of sp³-hybridized carbons (Fsp3) is 0.0370. The fourth-order valence-corrected chi connectivity index (χ4v) is 4.19. The van der Waals surface area contributed by atoms with Crippen molar-refractivity contribution in [1.29, 1.82) is 0 Å². The number of nitro benzene ring substituents is 1. The van der Waals surface area contributed by atoms with Crippen LogP contribution in [0.3, 0.4) is 0 Å². The molecule has 0 aliphatic heterocycles. The molecule has 6 nitrogen and oxygen atoms in total. The van der Waals surface area contributed by atoms with Gasteiger partial charge in [0, 0.05) is 27.5 Å². The number of nitrogens with zero attached hydrogens (tertiary/aromatic N) is 1. The number of rotatable bonds is 8. The minimum atomic E-state index is -0.612. The van der Waals surface area contributed by atoms with E-state index in [1.165, 1.54) is 23.9 Å². The van der Waals surface area contributed by atoms with Gasteiger partial charge in [0.25, 0.3) is 5.69 Å². The predicted molar refractivity (Wildman–Crippen MR) is 130 cm³/mol. The second kappa shape index (κ2) is 10.6. The van der Waals surface area contributed by atoms with Gasteiger partial charge in [0.05, 0.1) is 10.5 Å². The molecular formula is C27H19NO5S. The zero-order valence-corrected chi connectivity index (χ0v) is 18.7. The lowest BCUT2D eigenvalue weighted by Crippen LogP contribution is -2.14. The van der Waals surface area contributed by atoms with Crippen molar-refractivity contribution in [2.75, 3.05) is 6.61 Å². The molecule has 0 atom stereocenters. The molecule has 7 heteroatoms. The van der Waals surface area contributed by atoms with Gasteiger partial charge in [-0.05, 0) is 35.4 Å². The van der Waals surface area contributed by atoms with E-state index < -0.39 is 10.9 Å². The van der Waals surface area contributed by atoms with Crippen LogP contribution in [0.2, 0.25) is 0 Å². The lowest BCUT2D eigenvalue weighted by molar-refractivity contribution is -0.384. The largest absolute Gasteiger partial charge is 0.454 e. The van der Waals surface area contributed by atoms with E-state index in [-0.39, 0.29) is 18.1 Å². The molecule has 4 aromatic rings. The highest BCUT2D eigenvalue weighted by Crippen LogP contribution is 2.32. The number of Topliss-reactive ketones (excluding diaryl/α,β-unsaturated/α-hetero) is 1. The SMILES string of the molecule is O=C(COC(=O)c1ccccc1Sc1ccc([N+](=O)[O-])cc1)c1ccc(-c2ccccc2)cc1. The van der Waals surface area contributed by atoms with Crippen LogP contribution < -0.4 is 0 Å². The van der Waals surface area contributed by atoms with Gasteiger partial charge in [-0.15, -0.1) is 0 Å². The normalized spacial score (nSPS) is 10.5. The number of non-ortho nitro benzene ring substituents is 1. The zero-order chi connectivity index (χ0) is 23.9. The van der Waals surface area contributed by atoms with Gasteiger partial charge in [-0.2, -0.15) is 0 Å². The van der Waals surface area contributed by atoms with Crippen LogP contribution in [0.15, 0.2) is 113 Å². The van der Waals surface area contributed by atoms with Crippen molar-refractivity contribution < 1.29 is 19.2 Å². The van der Waals surface area contributed by atoms with Crippen LogP contribution >= 0.6 is 11.8 Å². The number of ketones is 1. The maximum atomic E-state index is 12.7. The monoisotopic (exact) mass is 469 g/mol. The Kier molecular flexibility index (Phi) is 7.15. The molecule has 4 aromatic carbocycles. The van der Waals surface area contributed by atoms with E-state index in [9.17, 15) is 19.7 Å². The summed E-state index contributed by atoms with van der Waals surface area (Å²) >= 11 is 1.28. The smallest absolute Gasteiger partial charge is 0.339 e. The number of hydrogen-bond acceptors (Lipinski definition) is 6. The summed E-state index contributed by atoms with van der Waals surface area (Å²) in [6.45, 7) is -0.375. The van der Waals surface area contributed by atoms with Crippen molar-refractivity contribution in [3.63, 3.8) is 0 Å². The van der Waals surface area contributed by atoms with E-state index in [1.807, 2.05) is 42.5 Å². The Labute approximate surface area is 200 Å². The van der Waals surface area contributed by atoms with E-state index in [1.54, 1.807) is 48.5 Å². The molecule has 0 radical (unpaired) electrons. The second-order valence-electron chi connectivity index (χ2n) is 7.29. The maximum absolute atomic E-state index is 12.7. The molecule has 4 rings (SSSR count). The molecule has 0 N–H and O–H groups in total. The van der Waals surface area contributed by atoms with Crippen LogP contribution in [0.5, 0.6) is 0 Å². The third kappa shape index (κ3) is 5.57. The fourth-order valence-electron chi connectivity index (χ4n) is 3.26. The van der Waals surface area contributed by atoms with Gasteiger partial charge in [-0.1, -0.05) is 78.5 Å². The van der Waals surface area contributed by atoms with Gasteiger partial charge in [0.15, 0.2) is 12.4 Å². The average Bonchev–Trinajstić information content (AvgIpc) is 2.88. The number of ether oxygens (including phenoxy) is 1. The highest BCUT2D eigenvalue weighted by atomic mass is 32.2. The Hall–Kier alpha value is -4.23. The van der Waals surface area contributed by atoms with E-state index in [0.717, 1.165) is 16.0 Å². The van der Waals surface area contributed by atoms with E-state index in [4.69, 9.17) is 4.74 Å². The van der Waals surface area contributed by atoms with Crippen LogP contribution in [-0.4, -0.2) is 23.3 Å². The Bertz CT molecular complexity index is 1320. The van der Waals surface area contributed by atoms with Gasteiger partial charge >= 0.3 is 5.97 Å². The lowest BCUT2D eigenvalue weighted by atomic mass is 10.0. The molecule has 0 saturated heterocycles. The number of esters is 1. The van der Waals surface area contributed by atoms with E-state index in [0.29, 0.717) is 16.0 Å². The summed E-state index contributed by atoms with van der Waals surface area (Å²) in [5, 5.41) is 10.8. The summed E-state index contributed by atoms with van der Waals surface area (Å²) in [6, 6.07) is 29.9. The molecule has 0 aromatic heterocycles. The molecule has 0 unspecified atom stereocenters. The summed E-state index contributed by atoms with van der Waals surface area (Å²) in [7, 11) is 0. The minimum Gasteiger partial charge on any atom is -0.454 e. The first-order chi connectivity index (χ1) is 16.5. The van der Waals surface area contributed by atoms with Gasteiger partial charge in [-0.25, -0.2) is 4.79 Å². The van der Waals surface area contributed by atoms with Crippen molar-refractivity contribution in [1.82, 2.24) is 0 Å². The third-order valence-corrected chi connectivity index (χ3v) is 6.11. The molecular weight excluding hydrogens is 450 g/mol. The lowest BCUT2D eigenvalue weighted by Gasteiger charge is -2.09. The summed E-state index contributed by atoms with van der Waals surface area (Å²) in [6.07, 6.45) is 0. The molecule has 168 valence electrons. The Morgan fingerprint density at radius 3 is 2.06 bits per heavy atom. The Morgan fingerprint density at radius 2 is 1.38 bits per heavy atom. The number of nitro groups is 1. The number of benzene rings is 4. The first-order valence-electron chi connectivity index (χ1n) is 10.4. The van der Waals surface area contributed by atoms with Gasteiger partial charge in [0.2, 0.25) is 0 Å².